The largest absolute Gasteiger partial charge is 0.505 e. The Hall–Kier alpha value is -0.700. The molecule has 0 aliphatic rings. The van der Waals surface area contributed by atoms with Gasteiger partial charge in [-0.15, -0.1) is 11.8 Å². The van der Waals surface area contributed by atoms with Crippen LogP contribution in [0.3, 0.4) is 0 Å². The van der Waals surface area contributed by atoms with E-state index < -0.39 is 5.82 Å². The number of rotatable bonds is 2. The lowest BCUT2D eigenvalue weighted by molar-refractivity contribution is 0.425. The fourth-order valence-electron chi connectivity index (χ4n) is 0.766. The molecule has 1 aromatic carbocycles. The highest BCUT2D eigenvalue weighted by molar-refractivity contribution is 7.99. The second-order valence-electron chi connectivity index (χ2n) is 2.02. The van der Waals surface area contributed by atoms with Crippen LogP contribution in [0.25, 0.3) is 0 Å². The average Bonchev–Trinajstić information content (AvgIpc) is 1.99. The molecule has 1 nitrogen and oxygen atoms in total. The fraction of sp³-hybridized carbons (Fsp3) is 0.250. The smallest absolute Gasteiger partial charge is 0.178 e. The van der Waals surface area contributed by atoms with Gasteiger partial charge in [0.05, 0.1) is 0 Å². The first-order chi connectivity index (χ1) is 5.25. The lowest BCUT2D eigenvalue weighted by Crippen LogP contribution is -1.81. The quantitative estimate of drug-likeness (QED) is 0.692. The van der Waals surface area contributed by atoms with Crippen LogP contribution in [0.4, 0.5) is 4.39 Å². The van der Waals surface area contributed by atoms with Gasteiger partial charge in [0.2, 0.25) is 0 Å². The van der Waals surface area contributed by atoms with Crippen LogP contribution in [0, 0.1) is 5.82 Å². The highest BCUT2D eigenvalue weighted by atomic mass is 32.2. The minimum atomic E-state index is -0.514. The summed E-state index contributed by atoms with van der Waals surface area (Å²) in [6.45, 7) is 1.94. The molecule has 0 aliphatic heterocycles. The summed E-state index contributed by atoms with van der Waals surface area (Å²) in [6.07, 6.45) is 0. The van der Waals surface area contributed by atoms with Crippen molar-refractivity contribution in [2.45, 2.75) is 11.8 Å². The predicted molar refractivity (Wildman–Crippen MR) is 44.5 cm³/mol. The van der Waals surface area contributed by atoms with E-state index in [9.17, 15) is 4.39 Å². The van der Waals surface area contributed by atoms with Gasteiger partial charge in [0.15, 0.2) is 11.6 Å². The Labute approximate surface area is 69.2 Å². The standard InChI is InChI=1S/C8H9FOS/c1-2-11-7-5-3-4-6(10)8(7)9/h3-5,10H,2H2,1H3. The first-order valence-electron chi connectivity index (χ1n) is 3.36. The Balaban J connectivity index is 2.96. The lowest BCUT2D eigenvalue weighted by atomic mass is 10.3. The van der Waals surface area contributed by atoms with Gasteiger partial charge in [0, 0.05) is 4.90 Å². The molecular formula is C8H9FOS. The van der Waals surface area contributed by atoms with E-state index in [0.29, 0.717) is 4.90 Å². The number of halogens is 1. The molecule has 0 bridgehead atoms. The predicted octanol–water partition coefficient (Wildman–Crippen LogP) is 2.64. The Morgan fingerprint density at radius 2 is 2.27 bits per heavy atom. The molecular weight excluding hydrogens is 163 g/mol. The summed E-state index contributed by atoms with van der Waals surface area (Å²) in [4.78, 5) is 0.507. The summed E-state index contributed by atoms with van der Waals surface area (Å²) in [5.74, 6) is 0.0169. The summed E-state index contributed by atoms with van der Waals surface area (Å²) in [5.41, 5.74) is 0. The molecule has 0 fully saturated rings. The Morgan fingerprint density at radius 3 is 2.91 bits per heavy atom. The normalized spacial score (nSPS) is 10.0. The molecule has 0 unspecified atom stereocenters. The molecule has 1 N–H and O–H groups in total. The molecule has 0 spiro atoms. The number of hydrogen-bond donors (Lipinski definition) is 1. The van der Waals surface area contributed by atoms with Gasteiger partial charge >= 0.3 is 0 Å². The van der Waals surface area contributed by atoms with Crippen molar-refractivity contribution >= 4 is 11.8 Å². The first kappa shape index (κ1) is 8.40. The van der Waals surface area contributed by atoms with Gasteiger partial charge in [-0.05, 0) is 17.9 Å². The van der Waals surface area contributed by atoms with Crippen LogP contribution in [0.2, 0.25) is 0 Å². The van der Waals surface area contributed by atoms with Crippen LogP contribution in [0.15, 0.2) is 23.1 Å². The third kappa shape index (κ3) is 1.87. The molecule has 60 valence electrons. The molecule has 3 heteroatoms. The van der Waals surface area contributed by atoms with Crippen LogP contribution in [-0.4, -0.2) is 10.9 Å². The zero-order valence-electron chi connectivity index (χ0n) is 6.17. The van der Waals surface area contributed by atoms with Crippen molar-refractivity contribution in [3.8, 4) is 5.75 Å². The third-order valence-electron chi connectivity index (χ3n) is 1.24. The molecule has 0 aliphatic carbocycles. The van der Waals surface area contributed by atoms with Crippen LogP contribution in [0.5, 0.6) is 5.75 Å². The second-order valence-corrected chi connectivity index (χ2v) is 3.33. The van der Waals surface area contributed by atoms with Crippen LogP contribution >= 0.6 is 11.8 Å². The van der Waals surface area contributed by atoms with Crippen molar-refractivity contribution in [2.75, 3.05) is 5.75 Å². The lowest BCUT2D eigenvalue weighted by Gasteiger charge is -2.00. The Bertz CT molecular complexity index is 250. The van der Waals surface area contributed by atoms with Gasteiger partial charge in [-0.25, -0.2) is 4.39 Å². The molecule has 11 heavy (non-hydrogen) atoms. The molecule has 1 aromatic rings. The number of aromatic hydroxyl groups is 1. The van der Waals surface area contributed by atoms with Crippen molar-refractivity contribution in [1.82, 2.24) is 0 Å². The highest BCUT2D eigenvalue weighted by Gasteiger charge is 2.04. The molecule has 0 amide bonds. The van der Waals surface area contributed by atoms with Crippen molar-refractivity contribution in [3.63, 3.8) is 0 Å². The zero-order chi connectivity index (χ0) is 8.27. The van der Waals surface area contributed by atoms with Gasteiger partial charge in [-0.1, -0.05) is 13.0 Å². The Morgan fingerprint density at radius 1 is 1.55 bits per heavy atom. The molecule has 1 rings (SSSR count). The SMILES string of the molecule is CCSc1cccc(O)c1F. The van der Waals surface area contributed by atoms with E-state index in [2.05, 4.69) is 0 Å². The van der Waals surface area contributed by atoms with E-state index in [1.54, 1.807) is 12.1 Å². The van der Waals surface area contributed by atoms with E-state index in [1.807, 2.05) is 6.92 Å². The average molecular weight is 172 g/mol. The number of thioether (sulfide) groups is 1. The maximum absolute atomic E-state index is 12.9. The molecule has 0 aromatic heterocycles. The van der Waals surface area contributed by atoms with Gasteiger partial charge in [-0.3, -0.25) is 0 Å². The van der Waals surface area contributed by atoms with Crippen LogP contribution < -0.4 is 0 Å². The first-order valence-corrected chi connectivity index (χ1v) is 4.34. The minimum absolute atomic E-state index is 0.275. The van der Waals surface area contributed by atoms with Crippen LogP contribution in [-0.2, 0) is 0 Å². The van der Waals surface area contributed by atoms with E-state index in [1.165, 1.54) is 17.8 Å². The van der Waals surface area contributed by atoms with Crippen molar-refractivity contribution < 1.29 is 9.50 Å². The maximum Gasteiger partial charge on any atom is 0.178 e. The maximum atomic E-state index is 12.9. The molecule has 0 saturated heterocycles. The molecule has 0 saturated carbocycles. The van der Waals surface area contributed by atoms with Crippen LogP contribution in [0.1, 0.15) is 6.92 Å². The van der Waals surface area contributed by atoms with Crippen molar-refractivity contribution in [2.24, 2.45) is 0 Å². The van der Waals surface area contributed by atoms with E-state index >= 15 is 0 Å². The van der Waals surface area contributed by atoms with Gasteiger partial charge < -0.3 is 5.11 Å². The highest BCUT2D eigenvalue weighted by Crippen LogP contribution is 2.26. The number of phenolic OH excluding ortho intramolecular Hbond substituents is 1. The van der Waals surface area contributed by atoms with Gasteiger partial charge in [0.1, 0.15) is 0 Å². The summed E-state index contributed by atoms with van der Waals surface area (Å²) < 4.78 is 12.9. The molecule has 0 radical (unpaired) electrons. The van der Waals surface area contributed by atoms with Gasteiger partial charge in [0.25, 0.3) is 0 Å². The van der Waals surface area contributed by atoms with E-state index in [0.717, 1.165) is 5.75 Å². The van der Waals surface area contributed by atoms with E-state index in [4.69, 9.17) is 5.11 Å². The molecule has 0 heterocycles. The summed E-state index contributed by atoms with van der Waals surface area (Å²) in [5, 5.41) is 8.94. The number of benzene rings is 1. The van der Waals surface area contributed by atoms with Crippen molar-refractivity contribution in [3.05, 3.63) is 24.0 Å². The zero-order valence-corrected chi connectivity index (χ0v) is 6.99. The summed E-state index contributed by atoms with van der Waals surface area (Å²) in [7, 11) is 0. The van der Waals surface area contributed by atoms with Crippen molar-refractivity contribution in [1.29, 1.82) is 0 Å². The summed E-state index contributed by atoms with van der Waals surface area (Å²) in [6, 6.07) is 4.63. The van der Waals surface area contributed by atoms with Gasteiger partial charge in [-0.2, -0.15) is 0 Å². The Kier molecular flexibility index (Phi) is 2.76. The molecule has 0 atom stereocenters. The summed E-state index contributed by atoms with van der Waals surface area (Å²) >= 11 is 1.38. The topological polar surface area (TPSA) is 20.2 Å². The number of phenols is 1. The minimum Gasteiger partial charge on any atom is -0.505 e. The van der Waals surface area contributed by atoms with E-state index in [-0.39, 0.29) is 5.75 Å². The second kappa shape index (κ2) is 3.62. The monoisotopic (exact) mass is 172 g/mol. The fourth-order valence-corrected chi connectivity index (χ4v) is 1.48. The number of hydrogen-bond acceptors (Lipinski definition) is 2. The third-order valence-corrected chi connectivity index (χ3v) is 2.16.